The molecule has 2 amide bonds. The van der Waals surface area contributed by atoms with Crippen LogP contribution < -0.4 is 10.6 Å². The average molecular weight is 458 g/mol. The molecule has 2 N–H and O–H groups in total. The van der Waals surface area contributed by atoms with Gasteiger partial charge in [0.2, 0.25) is 0 Å². The number of carbonyl (C=O) groups excluding carboxylic acids is 3. The van der Waals surface area contributed by atoms with E-state index in [-0.39, 0.29) is 35.6 Å². The first-order valence-corrected chi connectivity index (χ1v) is 10.8. The zero-order valence-corrected chi connectivity index (χ0v) is 20.0. The lowest BCUT2D eigenvalue weighted by atomic mass is 9.97. The maximum Gasteiger partial charge on any atom is 0.408 e. The number of pyridine rings is 1. The van der Waals surface area contributed by atoms with Crippen molar-refractivity contribution in [3.63, 3.8) is 0 Å². The highest BCUT2D eigenvalue weighted by Gasteiger charge is 2.27. The third-order valence-electron chi connectivity index (χ3n) is 4.43. The van der Waals surface area contributed by atoms with Gasteiger partial charge in [0.05, 0.1) is 23.7 Å². The number of hydrogen-bond donors (Lipinski definition) is 2. The van der Waals surface area contributed by atoms with Gasteiger partial charge >= 0.3 is 6.09 Å². The van der Waals surface area contributed by atoms with E-state index in [1.165, 1.54) is 12.3 Å². The Balaban J connectivity index is 2.29. The molecule has 1 atom stereocenters. The molecular formula is C25H32FN3O4. The molecule has 7 nitrogen and oxygen atoms in total. The highest BCUT2D eigenvalue weighted by Crippen LogP contribution is 2.15. The lowest BCUT2D eigenvalue weighted by Gasteiger charge is -2.24. The number of alkyl carbamates (subject to hydrolysis) is 1. The molecule has 2 rings (SSSR count). The van der Waals surface area contributed by atoms with E-state index in [0.29, 0.717) is 0 Å². The molecular weight excluding hydrogens is 425 g/mol. The highest BCUT2D eigenvalue weighted by molar-refractivity contribution is 5.98. The summed E-state index contributed by atoms with van der Waals surface area (Å²) in [6, 6.07) is 8.17. The molecule has 2 aromatic rings. The molecule has 33 heavy (non-hydrogen) atoms. The zero-order chi connectivity index (χ0) is 24.8. The first-order chi connectivity index (χ1) is 15.2. The maximum atomic E-state index is 14.3. The Labute approximate surface area is 194 Å². The highest BCUT2D eigenvalue weighted by atomic mass is 19.1. The Morgan fingerprint density at radius 3 is 2.30 bits per heavy atom. The predicted molar refractivity (Wildman–Crippen MR) is 123 cm³/mol. The Kier molecular flexibility index (Phi) is 8.30. The van der Waals surface area contributed by atoms with Crippen molar-refractivity contribution >= 4 is 17.8 Å². The summed E-state index contributed by atoms with van der Waals surface area (Å²) in [5, 5.41) is 5.40. The smallest absolute Gasteiger partial charge is 0.408 e. The molecule has 1 aromatic heterocycles. The van der Waals surface area contributed by atoms with E-state index in [0.717, 1.165) is 0 Å². The van der Waals surface area contributed by atoms with E-state index in [1.807, 2.05) is 20.8 Å². The van der Waals surface area contributed by atoms with E-state index in [9.17, 15) is 18.8 Å². The Morgan fingerprint density at radius 1 is 1.03 bits per heavy atom. The van der Waals surface area contributed by atoms with Crippen molar-refractivity contribution in [3.8, 4) is 0 Å². The second kappa shape index (κ2) is 10.6. The van der Waals surface area contributed by atoms with Crippen LogP contribution >= 0.6 is 0 Å². The first kappa shape index (κ1) is 26.0. The summed E-state index contributed by atoms with van der Waals surface area (Å²) in [6.45, 7) is 10.7. The van der Waals surface area contributed by atoms with Gasteiger partial charge in [-0.2, -0.15) is 0 Å². The van der Waals surface area contributed by atoms with Gasteiger partial charge in [0, 0.05) is 18.2 Å². The van der Waals surface area contributed by atoms with Gasteiger partial charge in [-0.3, -0.25) is 14.6 Å². The van der Waals surface area contributed by atoms with E-state index >= 15 is 0 Å². The molecule has 1 unspecified atom stereocenters. The fraction of sp³-hybridized carbons (Fsp3) is 0.440. The minimum absolute atomic E-state index is 0.0683. The lowest BCUT2D eigenvalue weighted by Crippen LogP contribution is -2.46. The maximum absolute atomic E-state index is 14.3. The van der Waals surface area contributed by atoms with Gasteiger partial charge in [-0.25, -0.2) is 9.18 Å². The van der Waals surface area contributed by atoms with Crippen molar-refractivity contribution < 1.29 is 23.5 Å². The van der Waals surface area contributed by atoms with Gasteiger partial charge < -0.3 is 15.4 Å². The molecule has 0 bridgehead atoms. The van der Waals surface area contributed by atoms with Crippen LogP contribution in [0.1, 0.15) is 63.2 Å². The van der Waals surface area contributed by atoms with E-state index in [1.54, 1.807) is 51.1 Å². The molecule has 0 aliphatic carbocycles. The molecule has 0 aliphatic rings. The summed E-state index contributed by atoms with van der Waals surface area (Å²) in [7, 11) is 0. The predicted octanol–water partition coefficient (Wildman–Crippen LogP) is 4.00. The minimum Gasteiger partial charge on any atom is -0.444 e. The number of rotatable bonds is 7. The van der Waals surface area contributed by atoms with Crippen LogP contribution in [0.5, 0.6) is 0 Å². The average Bonchev–Trinajstić information content (AvgIpc) is 2.66. The number of Topliss-reactive ketones (excluding diaryl/α,β-unsaturated/α-hetero) is 1. The van der Waals surface area contributed by atoms with Crippen molar-refractivity contribution in [2.24, 2.45) is 0 Å². The number of nitrogens with zero attached hydrogens (tertiary/aromatic N) is 1. The number of halogens is 1. The fourth-order valence-corrected chi connectivity index (χ4v) is 3.06. The van der Waals surface area contributed by atoms with Gasteiger partial charge in [-0.15, -0.1) is 0 Å². The van der Waals surface area contributed by atoms with Crippen LogP contribution in [0.15, 0.2) is 42.6 Å². The van der Waals surface area contributed by atoms with Crippen molar-refractivity contribution in [2.75, 3.05) is 0 Å². The largest absolute Gasteiger partial charge is 0.444 e. The van der Waals surface area contributed by atoms with Crippen LogP contribution in [0.25, 0.3) is 0 Å². The lowest BCUT2D eigenvalue weighted by molar-refractivity contribution is -0.120. The number of hydrogen-bond acceptors (Lipinski definition) is 5. The van der Waals surface area contributed by atoms with Crippen molar-refractivity contribution in [1.82, 2.24) is 15.6 Å². The summed E-state index contributed by atoms with van der Waals surface area (Å²) < 4.78 is 19.5. The Hall–Kier alpha value is -3.29. The molecule has 0 fully saturated rings. The first-order valence-electron chi connectivity index (χ1n) is 10.8. The van der Waals surface area contributed by atoms with Crippen molar-refractivity contribution in [1.29, 1.82) is 0 Å². The molecule has 0 saturated heterocycles. The molecule has 0 spiro atoms. The zero-order valence-electron chi connectivity index (χ0n) is 20.0. The van der Waals surface area contributed by atoms with Crippen LogP contribution in [0.2, 0.25) is 0 Å². The van der Waals surface area contributed by atoms with E-state index < -0.39 is 34.9 Å². The third kappa shape index (κ3) is 8.63. The SMILES string of the molecule is CC(C)(C)NC(=O)c1cccnc1CC(=O)C(Cc1ccccc1F)NC(=O)OC(C)(C)C. The van der Waals surface area contributed by atoms with Crippen LogP contribution in [0.4, 0.5) is 9.18 Å². The minimum atomic E-state index is -1.07. The summed E-state index contributed by atoms with van der Waals surface area (Å²) in [4.78, 5) is 42.5. The number of ketones is 1. The number of amides is 2. The fourth-order valence-electron chi connectivity index (χ4n) is 3.06. The van der Waals surface area contributed by atoms with Crippen LogP contribution in [-0.4, -0.2) is 39.9 Å². The van der Waals surface area contributed by atoms with Crippen LogP contribution in [-0.2, 0) is 22.4 Å². The van der Waals surface area contributed by atoms with Gasteiger partial charge in [0.15, 0.2) is 5.78 Å². The molecule has 1 aromatic carbocycles. The normalized spacial score (nSPS) is 12.6. The monoisotopic (exact) mass is 457 g/mol. The van der Waals surface area contributed by atoms with Crippen molar-refractivity contribution in [2.45, 2.75) is 71.6 Å². The molecule has 1 heterocycles. The number of benzene rings is 1. The Morgan fingerprint density at radius 2 is 1.70 bits per heavy atom. The molecule has 0 aliphatic heterocycles. The number of aromatic nitrogens is 1. The summed E-state index contributed by atoms with van der Waals surface area (Å²) >= 11 is 0. The molecule has 0 saturated carbocycles. The van der Waals surface area contributed by atoms with Gasteiger partial charge in [0.25, 0.3) is 5.91 Å². The second-order valence-electron chi connectivity index (χ2n) is 9.84. The summed E-state index contributed by atoms with van der Waals surface area (Å²) in [5.41, 5.74) is -0.426. The molecule has 8 heteroatoms. The van der Waals surface area contributed by atoms with Gasteiger partial charge in [-0.1, -0.05) is 18.2 Å². The Bertz CT molecular complexity index is 1010. The third-order valence-corrected chi connectivity index (χ3v) is 4.43. The topological polar surface area (TPSA) is 97.4 Å². The van der Waals surface area contributed by atoms with Crippen molar-refractivity contribution in [3.05, 3.63) is 65.2 Å². The summed E-state index contributed by atoms with van der Waals surface area (Å²) in [6.07, 6.45) is 0.414. The van der Waals surface area contributed by atoms with Gasteiger partial charge in [-0.05, 0) is 65.3 Å². The number of nitrogens with one attached hydrogen (secondary N) is 2. The van der Waals surface area contributed by atoms with Crippen LogP contribution in [0, 0.1) is 5.82 Å². The van der Waals surface area contributed by atoms with Crippen LogP contribution in [0.3, 0.4) is 0 Å². The standard InChI is InChI=1S/C25H32FN3O4/c1-24(2,3)29-22(31)17-11-9-13-27-19(17)15-21(30)20(28-23(32)33-25(4,5)6)14-16-10-7-8-12-18(16)26/h7-13,20H,14-15H2,1-6H3,(H,28,32)(H,29,31). The number of carbonyl (C=O) groups is 3. The quantitative estimate of drug-likeness (QED) is 0.655. The van der Waals surface area contributed by atoms with E-state index in [4.69, 9.17) is 4.74 Å². The van der Waals surface area contributed by atoms with E-state index in [2.05, 4.69) is 15.6 Å². The summed E-state index contributed by atoms with van der Waals surface area (Å²) in [5.74, 6) is -1.26. The second-order valence-corrected chi connectivity index (χ2v) is 9.84. The molecule has 178 valence electrons. The van der Waals surface area contributed by atoms with Gasteiger partial charge in [0.1, 0.15) is 11.4 Å². The molecule has 0 radical (unpaired) electrons. The number of ether oxygens (including phenoxy) is 1.